The van der Waals surface area contributed by atoms with Crippen molar-refractivity contribution in [3.05, 3.63) is 205 Å². The molecule has 0 aromatic heterocycles. The number of nitriles is 1. The first-order chi connectivity index (χ1) is 28.7. The number of para-hydroxylation sites is 1. The zero-order valence-electron chi connectivity index (χ0n) is 31.6. The molecule has 11 aromatic rings. The Morgan fingerprint density at radius 1 is 0.397 bits per heavy atom. The van der Waals surface area contributed by atoms with Gasteiger partial charge in [-0.3, -0.25) is 0 Å². The molecule has 12 rings (SSSR count). The number of hydrogen-bond acceptors (Lipinski definition) is 2. The third-order valence-corrected chi connectivity index (χ3v) is 12.4. The van der Waals surface area contributed by atoms with E-state index in [0.29, 0.717) is 5.56 Å². The normalized spacial score (nSPS) is 12.4. The summed E-state index contributed by atoms with van der Waals surface area (Å²) in [4.78, 5) is 2.42. The molecule has 0 radical (unpaired) electrons. The van der Waals surface area contributed by atoms with Crippen LogP contribution >= 0.6 is 0 Å². The van der Waals surface area contributed by atoms with Crippen molar-refractivity contribution in [3.8, 4) is 39.4 Å². The van der Waals surface area contributed by atoms with E-state index < -0.39 is 0 Å². The number of hydrogen-bond donors (Lipinski definition) is 0. The molecule has 58 heavy (non-hydrogen) atoms. The van der Waals surface area contributed by atoms with Gasteiger partial charge in [0.2, 0.25) is 0 Å². The Balaban J connectivity index is 1.18. The Hall–Kier alpha value is -7.73. The van der Waals surface area contributed by atoms with Gasteiger partial charge in [-0.25, -0.2) is 0 Å². The van der Waals surface area contributed by atoms with Crippen LogP contribution in [0.4, 0.5) is 11.4 Å². The van der Waals surface area contributed by atoms with Gasteiger partial charge < -0.3 is 4.90 Å². The quantitative estimate of drug-likeness (QED) is 0.133. The van der Waals surface area contributed by atoms with E-state index in [2.05, 4.69) is 199 Å². The molecular weight excluding hydrogens is 701 g/mol. The van der Waals surface area contributed by atoms with Gasteiger partial charge in [0, 0.05) is 28.7 Å². The fourth-order valence-corrected chi connectivity index (χ4v) is 9.80. The molecular formula is C56H34N2. The van der Waals surface area contributed by atoms with Crippen LogP contribution < -0.4 is 4.90 Å². The number of anilines is 2. The molecule has 0 saturated heterocycles. The highest BCUT2D eigenvalue weighted by molar-refractivity contribution is 6.24. The van der Waals surface area contributed by atoms with Crippen LogP contribution in [0.1, 0.15) is 11.1 Å². The molecule has 0 fully saturated rings. The second-order valence-corrected chi connectivity index (χ2v) is 15.5. The molecule has 2 heteroatoms. The molecule has 0 spiro atoms. The number of fused-ring (bicyclic) bond motifs is 4. The molecule has 1 heterocycles. The molecule has 0 bridgehead atoms. The smallest absolute Gasteiger partial charge is 0.0998 e. The van der Waals surface area contributed by atoms with Gasteiger partial charge >= 0.3 is 0 Å². The number of rotatable bonds is 4. The van der Waals surface area contributed by atoms with Crippen molar-refractivity contribution in [2.24, 2.45) is 0 Å². The van der Waals surface area contributed by atoms with Gasteiger partial charge in [0.25, 0.3) is 0 Å². The zero-order valence-corrected chi connectivity index (χ0v) is 31.6. The average molecular weight is 735 g/mol. The zero-order chi connectivity index (χ0) is 38.3. The molecule has 268 valence electrons. The lowest BCUT2D eigenvalue weighted by molar-refractivity contribution is 0.982. The van der Waals surface area contributed by atoms with Crippen molar-refractivity contribution in [1.29, 1.82) is 5.26 Å². The van der Waals surface area contributed by atoms with Crippen LogP contribution in [0.2, 0.25) is 0 Å². The van der Waals surface area contributed by atoms with Crippen molar-refractivity contribution in [1.82, 2.24) is 0 Å². The Labute approximate surface area is 336 Å². The minimum atomic E-state index is 0.712. The molecule has 0 atom stereocenters. The summed E-state index contributed by atoms with van der Waals surface area (Å²) in [5, 5.41) is 24.6. The second-order valence-electron chi connectivity index (χ2n) is 15.5. The average Bonchev–Trinajstić information content (AvgIpc) is 3.29. The summed E-state index contributed by atoms with van der Waals surface area (Å²) in [6, 6.07) is 73.4. The van der Waals surface area contributed by atoms with Crippen molar-refractivity contribution in [2.45, 2.75) is 6.54 Å². The van der Waals surface area contributed by atoms with E-state index >= 15 is 0 Å². The van der Waals surface area contributed by atoms with Crippen molar-refractivity contribution < 1.29 is 0 Å². The molecule has 0 aliphatic carbocycles. The van der Waals surface area contributed by atoms with Crippen molar-refractivity contribution in [2.75, 3.05) is 4.90 Å². The van der Waals surface area contributed by atoms with Crippen LogP contribution in [0.5, 0.6) is 0 Å². The van der Waals surface area contributed by atoms with Gasteiger partial charge in [-0.15, -0.1) is 0 Å². The summed E-state index contributed by atoms with van der Waals surface area (Å²) in [6.07, 6.45) is 0. The van der Waals surface area contributed by atoms with E-state index in [-0.39, 0.29) is 0 Å². The third-order valence-electron chi connectivity index (χ3n) is 12.4. The largest absolute Gasteiger partial charge is 0.336 e. The lowest BCUT2D eigenvalue weighted by Crippen LogP contribution is -2.20. The molecule has 1 aliphatic rings. The first-order valence-corrected chi connectivity index (χ1v) is 19.9. The highest BCUT2D eigenvalue weighted by Gasteiger charge is 2.25. The van der Waals surface area contributed by atoms with Gasteiger partial charge in [0.05, 0.1) is 11.6 Å². The molecule has 0 amide bonds. The molecule has 1 aliphatic heterocycles. The van der Waals surface area contributed by atoms with Crippen molar-refractivity contribution >= 4 is 76.0 Å². The molecule has 0 N–H and O–H groups in total. The van der Waals surface area contributed by atoms with Crippen LogP contribution in [0.15, 0.2) is 194 Å². The Kier molecular flexibility index (Phi) is 7.09. The molecule has 0 unspecified atom stereocenters. The highest BCUT2D eigenvalue weighted by Crippen LogP contribution is 2.49. The van der Waals surface area contributed by atoms with Crippen molar-refractivity contribution in [3.63, 3.8) is 0 Å². The van der Waals surface area contributed by atoms with Gasteiger partial charge in [-0.05, 0) is 135 Å². The topological polar surface area (TPSA) is 27.0 Å². The maximum Gasteiger partial charge on any atom is 0.0998 e. The summed E-state index contributed by atoms with van der Waals surface area (Å²) < 4.78 is 0. The van der Waals surface area contributed by atoms with Gasteiger partial charge in [-0.2, -0.15) is 5.26 Å². The SMILES string of the molecule is N#Cc1ccc2c3c1ccc1c(-c4ccc5c(-c6ccc7ccccc7c6)c6ccccc6c(-c6ccc7ccccc7c6)c5c4)ccc(c13)N(c1ccccc1)C2. The standard InChI is InChI=1S/C56H34N2/c57-33-42-22-23-43-34-58(44-14-2-1-3-15-44)52-29-28-45(49-27-26-46(42)55(43)56(49)52)39-24-25-50-51(32-39)54(41-21-19-36-11-5-7-13-38(36)31-41)48-17-9-8-16-47(48)53(50)40-20-18-35-10-4-6-12-37(35)30-40/h1-32H,34H2. The molecule has 0 saturated carbocycles. The van der Waals surface area contributed by atoms with E-state index in [1.165, 1.54) is 98.3 Å². The number of benzene rings is 11. The maximum absolute atomic E-state index is 10.2. The minimum Gasteiger partial charge on any atom is -0.336 e. The maximum atomic E-state index is 10.2. The summed E-state index contributed by atoms with van der Waals surface area (Å²) >= 11 is 0. The van der Waals surface area contributed by atoms with E-state index in [1.807, 2.05) is 6.07 Å². The first-order valence-electron chi connectivity index (χ1n) is 19.9. The van der Waals surface area contributed by atoms with E-state index in [9.17, 15) is 5.26 Å². The van der Waals surface area contributed by atoms with E-state index in [4.69, 9.17) is 0 Å². The monoisotopic (exact) mass is 734 g/mol. The van der Waals surface area contributed by atoms with E-state index in [1.54, 1.807) is 0 Å². The lowest BCUT2D eigenvalue weighted by Gasteiger charge is -2.32. The Morgan fingerprint density at radius 2 is 0.966 bits per heavy atom. The lowest BCUT2D eigenvalue weighted by atomic mass is 9.83. The molecule has 2 nitrogen and oxygen atoms in total. The van der Waals surface area contributed by atoms with E-state index in [0.717, 1.165) is 23.2 Å². The first kappa shape index (κ1) is 32.5. The third kappa shape index (κ3) is 4.84. The Bertz CT molecular complexity index is 3560. The van der Waals surface area contributed by atoms with Crippen LogP contribution in [0.3, 0.4) is 0 Å². The summed E-state index contributed by atoms with van der Waals surface area (Å²) in [7, 11) is 0. The predicted molar refractivity (Wildman–Crippen MR) is 245 cm³/mol. The van der Waals surface area contributed by atoms with Gasteiger partial charge in [0.1, 0.15) is 0 Å². The van der Waals surface area contributed by atoms with Crippen LogP contribution in [-0.4, -0.2) is 0 Å². The van der Waals surface area contributed by atoms with Gasteiger partial charge in [-0.1, -0.05) is 152 Å². The van der Waals surface area contributed by atoms with Crippen LogP contribution in [0, 0.1) is 11.3 Å². The fourth-order valence-electron chi connectivity index (χ4n) is 9.80. The summed E-state index contributed by atoms with van der Waals surface area (Å²) in [5.41, 5.74) is 11.5. The van der Waals surface area contributed by atoms with Crippen LogP contribution in [-0.2, 0) is 6.54 Å². The molecule has 11 aromatic carbocycles. The summed E-state index contributed by atoms with van der Waals surface area (Å²) in [6.45, 7) is 0.743. The minimum absolute atomic E-state index is 0.712. The highest BCUT2D eigenvalue weighted by atomic mass is 15.1. The number of nitrogens with zero attached hydrogens (tertiary/aromatic N) is 2. The van der Waals surface area contributed by atoms with Gasteiger partial charge in [0.15, 0.2) is 0 Å². The second kappa shape index (κ2) is 12.6. The Morgan fingerprint density at radius 3 is 1.66 bits per heavy atom. The fraction of sp³-hybridized carbons (Fsp3) is 0.0179. The van der Waals surface area contributed by atoms with Crippen LogP contribution in [0.25, 0.3) is 98.0 Å². The predicted octanol–water partition coefficient (Wildman–Crippen LogP) is 15.1. The summed E-state index contributed by atoms with van der Waals surface area (Å²) in [5.74, 6) is 0.